The standard InChI is InChI=1S/C27H31N3O6S/c1-6-36-23-14-17(10-11-22(23)35-4)21(16-37(5,33)34)30-26(31)20-9-7-8-19(24(20)27(30)32)25-18(12-13-28-25)15-29(2)3/h7-14,21,28H,6,15-16H2,1-5H3. The summed E-state index contributed by atoms with van der Waals surface area (Å²) in [5, 5.41) is 0. The molecular weight excluding hydrogens is 494 g/mol. The van der Waals surface area contributed by atoms with E-state index in [0.29, 0.717) is 35.8 Å². The highest BCUT2D eigenvalue weighted by Gasteiger charge is 2.43. The summed E-state index contributed by atoms with van der Waals surface area (Å²) in [7, 11) is 1.81. The number of benzene rings is 2. The van der Waals surface area contributed by atoms with Crippen molar-refractivity contribution >= 4 is 21.7 Å². The molecule has 0 fully saturated rings. The molecule has 0 radical (unpaired) electrons. The van der Waals surface area contributed by atoms with Gasteiger partial charge >= 0.3 is 0 Å². The van der Waals surface area contributed by atoms with E-state index in [9.17, 15) is 18.0 Å². The van der Waals surface area contributed by atoms with Crippen molar-refractivity contribution in [1.82, 2.24) is 14.8 Å². The summed E-state index contributed by atoms with van der Waals surface area (Å²) in [5.41, 5.74) is 3.27. The number of rotatable bonds is 10. The highest BCUT2D eigenvalue weighted by atomic mass is 32.2. The molecule has 9 nitrogen and oxygen atoms in total. The van der Waals surface area contributed by atoms with Gasteiger partial charge in [-0.1, -0.05) is 18.2 Å². The molecule has 1 unspecified atom stereocenters. The van der Waals surface area contributed by atoms with Gasteiger partial charge in [-0.3, -0.25) is 14.5 Å². The fourth-order valence-electron chi connectivity index (χ4n) is 4.70. The molecule has 2 amide bonds. The number of carbonyl (C=O) groups is 2. The number of nitrogens with one attached hydrogen (secondary N) is 1. The Labute approximate surface area is 216 Å². The monoisotopic (exact) mass is 525 g/mol. The molecule has 1 N–H and O–H groups in total. The van der Waals surface area contributed by atoms with Crippen molar-refractivity contribution in [3.8, 4) is 22.8 Å². The minimum Gasteiger partial charge on any atom is -0.493 e. The highest BCUT2D eigenvalue weighted by Crippen LogP contribution is 2.40. The third-order valence-corrected chi connectivity index (χ3v) is 7.10. The molecule has 4 rings (SSSR count). The van der Waals surface area contributed by atoms with Crippen LogP contribution in [0.15, 0.2) is 48.7 Å². The van der Waals surface area contributed by atoms with Crippen LogP contribution in [-0.2, 0) is 16.4 Å². The van der Waals surface area contributed by atoms with Gasteiger partial charge in [-0.05, 0) is 56.4 Å². The lowest BCUT2D eigenvalue weighted by atomic mass is 9.98. The molecule has 1 aliphatic heterocycles. The second kappa shape index (κ2) is 10.4. The van der Waals surface area contributed by atoms with Crippen LogP contribution in [-0.4, -0.2) is 74.8 Å². The Kier molecular flexibility index (Phi) is 7.42. The first-order chi connectivity index (χ1) is 17.6. The number of aromatic nitrogens is 1. The van der Waals surface area contributed by atoms with Gasteiger partial charge in [-0.2, -0.15) is 0 Å². The minimum atomic E-state index is -3.59. The topological polar surface area (TPSA) is 109 Å². The van der Waals surface area contributed by atoms with Crippen LogP contribution in [0.1, 0.15) is 44.8 Å². The average Bonchev–Trinajstić information content (AvgIpc) is 3.39. The molecule has 1 atom stereocenters. The maximum Gasteiger partial charge on any atom is 0.262 e. The van der Waals surface area contributed by atoms with E-state index in [1.807, 2.05) is 32.0 Å². The second-order valence-corrected chi connectivity index (χ2v) is 11.5. The number of methoxy groups -OCH3 is 1. The van der Waals surface area contributed by atoms with E-state index in [1.54, 1.807) is 42.6 Å². The smallest absolute Gasteiger partial charge is 0.262 e. The molecular formula is C27H31N3O6S. The van der Waals surface area contributed by atoms with E-state index in [4.69, 9.17) is 9.47 Å². The first-order valence-electron chi connectivity index (χ1n) is 11.9. The zero-order valence-electron chi connectivity index (χ0n) is 21.6. The summed E-state index contributed by atoms with van der Waals surface area (Å²) in [6.45, 7) is 2.81. The normalized spacial score (nSPS) is 14.3. The van der Waals surface area contributed by atoms with Crippen LogP contribution in [0.2, 0.25) is 0 Å². The highest BCUT2D eigenvalue weighted by molar-refractivity contribution is 7.90. The van der Waals surface area contributed by atoms with Crippen molar-refractivity contribution in [2.45, 2.75) is 19.5 Å². The maximum atomic E-state index is 13.9. The largest absolute Gasteiger partial charge is 0.493 e. The lowest BCUT2D eigenvalue weighted by Crippen LogP contribution is -2.37. The molecule has 10 heteroatoms. The van der Waals surface area contributed by atoms with E-state index < -0.39 is 33.4 Å². The van der Waals surface area contributed by atoms with Crippen molar-refractivity contribution in [3.63, 3.8) is 0 Å². The fraction of sp³-hybridized carbons (Fsp3) is 0.333. The molecule has 0 saturated carbocycles. The molecule has 2 aromatic carbocycles. The van der Waals surface area contributed by atoms with Gasteiger partial charge in [0.2, 0.25) is 0 Å². The number of H-pyrrole nitrogens is 1. The summed E-state index contributed by atoms with van der Waals surface area (Å²) < 4.78 is 36.0. The fourth-order valence-corrected chi connectivity index (χ4v) is 5.61. The van der Waals surface area contributed by atoms with E-state index >= 15 is 0 Å². The first-order valence-corrected chi connectivity index (χ1v) is 13.9. The van der Waals surface area contributed by atoms with Crippen LogP contribution in [0.25, 0.3) is 11.3 Å². The number of fused-ring (bicyclic) bond motifs is 1. The van der Waals surface area contributed by atoms with Crippen LogP contribution in [0.4, 0.5) is 0 Å². The molecule has 1 aliphatic rings. The van der Waals surface area contributed by atoms with Gasteiger partial charge in [0.25, 0.3) is 11.8 Å². The molecule has 0 saturated heterocycles. The molecule has 0 spiro atoms. The second-order valence-electron chi connectivity index (χ2n) is 9.28. The lowest BCUT2D eigenvalue weighted by Gasteiger charge is -2.27. The number of hydrogen-bond donors (Lipinski definition) is 1. The van der Waals surface area contributed by atoms with E-state index in [0.717, 1.165) is 22.4 Å². The van der Waals surface area contributed by atoms with Crippen molar-refractivity contribution < 1.29 is 27.5 Å². The molecule has 0 bridgehead atoms. The van der Waals surface area contributed by atoms with Crippen molar-refractivity contribution in [1.29, 1.82) is 0 Å². The zero-order valence-corrected chi connectivity index (χ0v) is 22.4. The molecule has 0 aliphatic carbocycles. The Balaban J connectivity index is 1.83. The van der Waals surface area contributed by atoms with Crippen LogP contribution < -0.4 is 9.47 Å². The Hall–Kier alpha value is -3.63. The number of sulfone groups is 1. The number of imide groups is 1. The van der Waals surface area contributed by atoms with E-state index in [-0.39, 0.29) is 11.1 Å². The van der Waals surface area contributed by atoms with Crippen molar-refractivity contribution in [3.05, 3.63) is 70.9 Å². The third-order valence-electron chi connectivity index (χ3n) is 6.18. The first kappa shape index (κ1) is 26.4. The average molecular weight is 526 g/mol. The van der Waals surface area contributed by atoms with Gasteiger partial charge < -0.3 is 19.4 Å². The molecule has 196 valence electrons. The van der Waals surface area contributed by atoms with Gasteiger partial charge in [0, 0.05) is 24.6 Å². The van der Waals surface area contributed by atoms with Crippen LogP contribution in [0.3, 0.4) is 0 Å². The van der Waals surface area contributed by atoms with Gasteiger partial charge in [0.15, 0.2) is 11.5 Å². The Morgan fingerprint density at radius 1 is 1.03 bits per heavy atom. The number of nitrogens with zero attached hydrogens (tertiary/aromatic N) is 2. The van der Waals surface area contributed by atoms with E-state index in [1.165, 1.54) is 7.11 Å². The van der Waals surface area contributed by atoms with Gasteiger partial charge in [0.05, 0.1) is 42.3 Å². The molecule has 3 aromatic rings. The van der Waals surface area contributed by atoms with Crippen LogP contribution in [0.5, 0.6) is 11.5 Å². The summed E-state index contributed by atoms with van der Waals surface area (Å²) in [6.07, 6.45) is 2.88. The minimum absolute atomic E-state index is 0.241. The quantitative estimate of drug-likeness (QED) is 0.403. The summed E-state index contributed by atoms with van der Waals surface area (Å²) in [5.74, 6) is -0.639. The van der Waals surface area contributed by atoms with E-state index in [2.05, 4.69) is 4.98 Å². The Bertz CT molecular complexity index is 1440. The van der Waals surface area contributed by atoms with Crippen molar-refractivity contribution in [2.24, 2.45) is 0 Å². The zero-order chi connectivity index (χ0) is 26.9. The predicted octanol–water partition coefficient (Wildman–Crippen LogP) is 3.53. The summed E-state index contributed by atoms with van der Waals surface area (Å²) >= 11 is 0. The molecule has 2 heterocycles. The number of amides is 2. The van der Waals surface area contributed by atoms with Gasteiger partial charge in [-0.25, -0.2) is 8.42 Å². The Morgan fingerprint density at radius 2 is 1.76 bits per heavy atom. The Morgan fingerprint density at radius 3 is 2.41 bits per heavy atom. The van der Waals surface area contributed by atoms with Crippen LogP contribution in [0, 0.1) is 0 Å². The van der Waals surface area contributed by atoms with Gasteiger partial charge in [0.1, 0.15) is 9.84 Å². The van der Waals surface area contributed by atoms with Crippen LogP contribution >= 0.6 is 0 Å². The number of carbonyl (C=O) groups excluding carboxylic acids is 2. The molecule has 1 aromatic heterocycles. The predicted molar refractivity (Wildman–Crippen MR) is 141 cm³/mol. The SMILES string of the molecule is CCOc1cc(C(CS(C)(=O)=O)N2C(=O)c3cccc(-c4[nH]ccc4CN(C)C)c3C2=O)ccc1OC. The number of ether oxygens (including phenoxy) is 2. The van der Waals surface area contributed by atoms with Crippen molar-refractivity contribution in [2.75, 3.05) is 39.8 Å². The lowest BCUT2D eigenvalue weighted by molar-refractivity contribution is 0.0597. The van der Waals surface area contributed by atoms with Gasteiger partial charge in [-0.15, -0.1) is 0 Å². The number of hydrogen-bond acceptors (Lipinski definition) is 7. The summed E-state index contributed by atoms with van der Waals surface area (Å²) in [6, 6.07) is 10.9. The maximum absolute atomic E-state index is 13.9. The number of aromatic amines is 1. The molecule has 37 heavy (non-hydrogen) atoms. The summed E-state index contributed by atoms with van der Waals surface area (Å²) in [4.78, 5) is 33.9. The third kappa shape index (κ3) is 5.26.